The first-order chi connectivity index (χ1) is 7.54. The number of nitrogens with two attached hydrogens (primary N) is 1. The molecule has 3 heteroatoms. The van der Waals surface area contributed by atoms with E-state index in [1.54, 1.807) is 0 Å². The van der Waals surface area contributed by atoms with Gasteiger partial charge in [-0.05, 0) is 49.9 Å². The molecular formula is C13H21NO2. The molecule has 0 aliphatic rings. The number of aliphatic hydroxyl groups excluding tert-OH is 1. The van der Waals surface area contributed by atoms with Gasteiger partial charge in [-0.2, -0.15) is 0 Å². The van der Waals surface area contributed by atoms with Gasteiger partial charge in [0, 0.05) is 12.6 Å². The minimum Gasteiger partial charge on any atom is -0.492 e. The third kappa shape index (κ3) is 3.51. The second kappa shape index (κ2) is 5.87. The average molecular weight is 223 g/mol. The minimum atomic E-state index is -0.106. The molecule has 3 N–H and O–H groups in total. The Hall–Kier alpha value is -1.06. The molecule has 1 aromatic carbocycles. The summed E-state index contributed by atoms with van der Waals surface area (Å²) in [5.41, 5.74) is 9.34. The molecular weight excluding hydrogens is 202 g/mol. The summed E-state index contributed by atoms with van der Waals surface area (Å²) in [6.07, 6.45) is 0.573. The third-order valence-electron chi connectivity index (χ3n) is 2.72. The van der Waals surface area contributed by atoms with Gasteiger partial charge in [-0.1, -0.05) is 6.07 Å². The van der Waals surface area contributed by atoms with Gasteiger partial charge in [0.05, 0.1) is 0 Å². The highest BCUT2D eigenvalue weighted by Gasteiger charge is 2.07. The summed E-state index contributed by atoms with van der Waals surface area (Å²) < 4.78 is 5.68. The molecule has 0 fully saturated rings. The highest BCUT2D eigenvalue weighted by Crippen LogP contribution is 2.23. The van der Waals surface area contributed by atoms with E-state index in [-0.39, 0.29) is 12.6 Å². The van der Waals surface area contributed by atoms with Crippen LogP contribution in [0.4, 0.5) is 0 Å². The summed E-state index contributed by atoms with van der Waals surface area (Å²) in [7, 11) is 0. The highest BCUT2D eigenvalue weighted by molar-refractivity contribution is 5.41. The first-order valence-electron chi connectivity index (χ1n) is 5.61. The number of hydrogen-bond acceptors (Lipinski definition) is 3. The Morgan fingerprint density at radius 3 is 2.62 bits per heavy atom. The molecule has 1 atom stereocenters. The lowest BCUT2D eigenvalue weighted by Crippen LogP contribution is -2.29. The quantitative estimate of drug-likeness (QED) is 0.799. The van der Waals surface area contributed by atoms with Gasteiger partial charge >= 0.3 is 0 Å². The Balaban J connectivity index is 2.66. The SMILES string of the molecule is Cc1cc(C)c(C)c(OCC(N)CCO)c1. The van der Waals surface area contributed by atoms with Crippen LogP contribution in [0.2, 0.25) is 0 Å². The van der Waals surface area contributed by atoms with Crippen molar-refractivity contribution in [1.82, 2.24) is 0 Å². The molecule has 0 aliphatic carbocycles. The zero-order valence-electron chi connectivity index (χ0n) is 10.3. The number of benzene rings is 1. The summed E-state index contributed by atoms with van der Waals surface area (Å²) in [5, 5.41) is 8.74. The monoisotopic (exact) mass is 223 g/mol. The van der Waals surface area contributed by atoms with Gasteiger partial charge in [-0.25, -0.2) is 0 Å². The van der Waals surface area contributed by atoms with Crippen molar-refractivity contribution in [2.24, 2.45) is 5.73 Å². The molecule has 0 aliphatic heterocycles. The molecule has 16 heavy (non-hydrogen) atoms. The molecule has 0 amide bonds. The van der Waals surface area contributed by atoms with Crippen molar-refractivity contribution in [2.45, 2.75) is 33.2 Å². The van der Waals surface area contributed by atoms with Crippen LogP contribution in [0.3, 0.4) is 0 Å². The van der Waals surface area contributed by atoms with E-state index in [0.29, 0.717) is 13.0 Å². The first kappa shape index (κ1) is 13.0. The van der Waals surface area contributed by atoms with E-state index in [2.05, 4.69) is 13.0 Å². The zero-order chi connectivity index (χ0) is 12.1. The topological polar surface area (TPSA) is 55.5 Å². The maximum Gasteiger partial charge on any atom is 0.122 e. The number of aliphatic hydroxyl groups is 1. The predicted molar refractivity (Wildman–Crippen MR) is 65.8 cm³/mol. The number of ether oxygens (including phenoxy) is 1. The second-order valence-electron chi connectivity index (χ2n) is 4.29. The van der Waals surface area contributed by atoms with E-state index in [0.717, 1.165) is 11.3 Å². The van der Waals surface area contributed by atoms with E-state index in [1.807, 2.05) is 19.9 Å². The molecule has 0 heterocycles. The van der Waals surface area contributed by atoms with Gasteiger partial charge in [0.1, 0.15) is 12.4 Å². The van der Waals surface area contributed by atoms with Gasteiger partial charge < -0.3 is 15.6 Å². The van der Waals surface area contributed by atoms with Gasteiger partial charge in [-0.15, -0.1) is 0 Å². The van der Waals surface area contributed by atoms with Crippen molar-refractivity contribution >= 4 is 0 Å². The van der Waals surface area contributed by atoms with Crippen LogP contribution >= 0.6 is 0 Å². The van der Waals surface area contributed by atoms with Gasteiger partial charge in [-0.3, -0.25) is 0 Å². The molecule has 90 valence electrons. The van der Waals surface area contributed by atoms with Crippen molar-refractivity contribution in [2.75, 3.05) is 13.2 Å². The largest absolute Gasteiger partial charge is 0.492 e. The van der Waals surface area contributed by atoms with E-state index >= 15 is 0 Å². The summed E-state index contributed by atoms with van der Waals surface area (Å²) >= 11 is 0. The Bertz CT molecular complexity index is 350. The van der Waals surface area contributed by atoms with Crippen molar-refractivity contribution in [3.05, 3.63) is 28.8 Å². The van der Waals surface area contributed by atoms with Crippen LogP contribution in [0.25, 0.3) is 0 Å². The number of hydrogen-bond donors (Lipinski definition) is 2. The van der Waals surface area contributed by atoms with Gasteiger partial charge in [0.2, 0.25) is 0 Å². The van der Waals surface area contributed by atoms with E-state index in [4.69, 9.17) is 15.6 Å². The Labute approximate surface area is 97.2 Å². The maximum atomic E-state index is 8.74. The van der Waals surface area contributed by atoms with Crippen molar-refractivity contribution in [1.29, 1.82) is 0 Å². The predicted octanol–water partition coefficient (Wildman–Crippen LogP) is 1.70. The summed E-state index contributed by atoms with van der Waals surface area (Å²) in [4.78, 5) is 0. The molecule has 1 unspecified atom stereocenters. The van der Waals surface area contributed by atoms with E-state index < -0.39 is 0 Å². The lowest BCUT2D eigenvalue weighted by atomic mass is 10.1. The lowest BCUT2D eigenvalue weighted by molar-refractivity contribution is 0.233. The van der Waals surface area contributed by atoms with Crippen molar-refractivity contribution in [3.8, 4) is 5.75 Å². The fourth-order valence-electron chi connectivity index (χ4n) is 1.60. The number of rotatable bonds is 5. The highest BCUT2D eigenvalue weighted by atomic mass is 16.5. The summed E-state index contributed by atoms with van der Waals surface area (Å²) in [5.74, 6) is 0.894. The van der Waals surface area contributed by atoms with Crippen LogP contribution in [0.5, 0.6) is 5.75 Å². The Morgan fingerprint density at radius 2 is 2.00 bits per heavy atom. The molecule has 0 radical (unpaired) electrons. The molecule has 3 nitrogen and oxygen atoms in total. The number of aryl methyl sites for hydroxylation is 2. The van der Waals surface area contributed by atoms with Crippen LogP contribution in [-0.4, -0.2) is 24.4 Å². The van der Waals surface area contributed by atoms with Crippen molar-refractivity contribution < 1.29 is 9.84 Å². The molecule has 0 saturated carbocycles. The average Bonchev–Trinajstić information content (AvgIpc) is 2.21. The Kier molecular flexibility index (Phi) is 4.77. The van der Waals surface area contributed by atoms with Crippen molar-refractivity contribution in [3.63, 3.8) is 0 Å². The van der Waals surface area contributed by atoms with Crippen LogP contribution in [0.15, 0.2) is 12.1 Å². The molecule has 0 saturated heterocycles. The summed E-state index contributed by atoms with van der Waals surface area (Å²) in [6.45, 7) is 6.72. The van der Waals surface area contributed by atoms with Gasteiger partial charge in [0.25, 0.3) is 0 Å². The molecule has 0 bridgehead atoms. The normalized spacial score (nSPS) is 12.6. The maximum absolute atomic E-state index is 8.74. The molecule has 1 aromatic rings. The zero-order valence-corrected chi connectivity index (χ0v) is 10.3. The molecule has 0 spiro atoms. The van der Waals surface area contributed by atoms with Crippen LogP contribution < -0.4 is 10.5 Å². The molecule has 0 aromatic heterocycles. The van der Waals surface area contributed by atoms with E-state index in [9.17, 15) is 0 Å². The standard InChI is InChI=1S/C13H21NO2/c1-9-6-10(2)11(3)13(7-9)16-8-12(14)4-5-15/h6-7,12,15H,4-5,8,14H2,1-3H3. The lowest BCUT2D eigenvalue weighted by Gasteiger charge is -2.15. The molecule has 1 rings (SSSR count). The second-order valence-corrected chi connectivity index (χ2v) is 4.29. The minimum absolute atomic E-state index is 0.106. The fourth-order valence-corrected chi connectivity index (χ4v) is 1.60. The van der Waals surface area contributed by atoms with E-state index in [1.165, 1.54) is 11.1 Å². The smallest absolute Gasteiger partial charge is 0.122 e. The van der Waals surface area contributed by atoms with Crippen LogP contribution in [0.1, 0.15) is 23.1 Å². The van der Waals surface area contributed by atoms with Crippen LogP contribution in [0, 0.1) is 20.8 Å². The first-order valence-corrected chi connectivity index (χ1v) is 5.61. The third-order valence-corrected chi connectivity index (χ3v) is 2.72. The van der Waals surface area contributed by atoms with Crippen LogP contribution in [-0.2, 0) is 0 Å². The fraction of sp³-hybridized carbons (Fsp3) is 0.538. The van der Waals surface area contributed by atoms with Gasteiger partial charge in [0.15, 0.2) is 0 Å². The summed E-state index contributed by atoms with van der Waals surface area (Å²) in [6, 6.07) is 4.05. The Morgan fingerprint density at radius 1 is 1.31 bits per heavy atom.